The molecule has 152 valence electrons. The molecule has 5 heteroatoms. The van der Waals surface area contributed by atoms with Gasteiger partial charge in [-0.1, -0.05) is 60.7 Å². The van der Waals surface area contributed by atoms with Crippen molar-refractivity contribution in [3.8, 4) is 10.4 Å². The predicted octanol–water partition coefficient (Wildman–Crippen LogP) is 6.08. The highest BCUT2D eigenvalue weighted by molar-refractivity contribution is 7.13. The summed E-state index contributed by atoms with van der Waals surface area (Å²) in [6.45, 7) is 2.07. The van der Waals surface area contributed by atoms with E-state index < -0.39 is 5.97 Å². The number of carbonyl (C=O) groups is 2. The molecule has 0 spiro atoms. The molecule has 0 saturated carbocycles. The lowest BCUT2D eigenvalue weighted by Crippen LogP contribution is -2.06. The maximum Gasteiger partial charge on any atom is 0.355 e. The Hall–Kier alpha value is -3.70. The highest BCUT2D eigenvalue weighted by Crippen LogP contribution is 2.46. The van der Waals surface area contributed by atoms with E-state index in [1.807, 2.05) is 78.3 Å². The van der Waals surface area contributed by atoms with E-state index in [9.17, 15) is 9.59 Å². The number of nitrogens with one attached hydrogen (secondary N) is 1. The minimum atomic E-state index is -0.406. The van der Waals surface area contributed by atoms with Gasteiger partial charge in [-0.25, -0.2) is 4.79 Å². The number of H-pyrrole nitrogens is 1. The quantitative estimate of drug-likeness (QED) is 0.395. The van der Waals surface area contributed by atoms with Gasteiger partial charge in [-0.15, -0.1) is 11.3 Å². The Bertz CT molecular complexity index is 1310. The first-order chi connectivity index (χ1) is 15.2. The molecule has 0 aliphatic heterocycles. The number of hydrogen-bond donors (Lipinski definition) is 1. The summed E-state index contributed by atoms with van der Waals surface area (Å²) in [5.74, 6) is -0.413. The van der Waals surface area contributed by atoms with Gasteiger partial charge < -0.3 is 9.72 Å². The largest absolute Gasteiger partial charge is 0.461 e. The van der Waals surface area contributed by atoms with Crippen molar-refractivity contribution in [2.45, 2.75) is 6.92 Å². The number of esters is 1. The summed E-state index contributed by atoms with van der Waals surface area (Å²) in [4.78, 5) is 30.3. The number of ether oxygens (including phenoxy) is 1. The molecular formula is C26H19NO3S. The van der Waals surface area contributed by atoms with Crippen molar-refractivity contribution in [1.82, 2.24) is 4.98 Å². The number of benzene rings is 2. The Balaban J connectivity index is 1.83. The molecule has 2 heterocycles. The maximum atomic E-state index is 13.5. The predicted molar refractivity (Wildman–Crippen MR) is 123 cm³/mol. The Labute approximate surface area is 183 Å². The van der Waals surface area contributed by atoms with Crippen LogP contribution in [0.4, 0.5) is 0 Å². The summed E-state index contributed by atoms with van der Waals surface area (Å²) >= 11 is 1.55. The molecule has 5 rings (SSSR count). The molecule has 0 atom stereocenters. The van der Waals surface area contributed by atoms with E-state index in [1.54, 1.807) is 18.3 Å². The first-order valence-electron chi connectivity index (χ1n) is 10.1. The summed E-state index contributed by atoms with van der Waals surface area (Å²) in [5, 5.41) is 1.97. The Kier molecular flexibility index (Phi) is 4.88. The topological polar surface area (TPSA) is 59.2 Å². The van der Waals surface area contributed by atoms with E-state index in [0.717, 1.165) is 32.7 Å². The molecule has 0 unspecified atom stereocenters. The zero-order valence-corrected chi connectivity index (χ0v) is 17.7. The third-order valence-corrected chi connectivity index (χ3v) is 6.26. The molecule has 2 aromatic carbocycles. The Morgan fingerprint density at radius 3 is 2.35 bits per heavy atom. The van der Waals surface area contributed by atoms with Gasteiger partial charge in [0.2, 0.25) is 0 Å². The molecule has 4 aromatic rings. The van der Waals surface area contributed by atoms with Gasteiger partial charge in [0.05, 0.1) is 6.61 Å². The lowest BCUT2D eigenvalue weighted by Gasteiger charge is -2.10. The lowest BCUT2D eigenvalue weighted by molar-refractivity contribution is 0.0521. The smallest absolute Gasteiger partial charge is 0.355 e. The van der Waals surface area contributed by atoms with Gasteiger partial charge in [-0.3, -0.25) is 4.79 Å². The van der Waals surface area contributed by atoms with Crippen LogP contribution in [0.25, 0.3) is 21.6 Å². The number of hydrogen-bond acceptors (Lipinski definition) is 4. The molecule has 1 aliphatic carbocycles. The first kappa shape index (κ1) is 19.3. The van der Waals surface area contributed by atoms with E-state index in [1.165, 1.54) is 0 Å². The van der Waals surface area contributed by atoms with Crippen LogP contribution in [0, 0.1) is 0 Å². The van der Waals surface area contributed by atoms with Crippen LogP contribution in [0.3, 0.4) is 0 Å². The van der Waals surface area contributed by atoms with Crippen LogP contribution in [0.2, 0.25) is 0 Å². The molecule has 0 saturated heterocycles. The molecule has 1 aliphatic rings. The molecule has 0 amide bonds. The number of ketones is 1. The highest BCUT2D eigenvalue weighted by Gasteiger charge is 2.34. The minimum Gasteiger partial charge on any atom is -0.461 e. The molecule has 0 fully saturated rings. The number of aromatic nitrogens is 1. The minimum absolute atomic E-state index is 0.00665. The van der Waals surface area contributed by atoms with Crippen molar-refractivity contribution < 1.29 is 14.3 Å². The molecule has 1 N–H and O–H groups in total. The van der Waals surface area contributed by atoms with Crippen LogP contribution in [-0.2, 0) is 4.74 Å². The number of rotatable bonds is 5. The molecule has 31 heavy (non-hydrogen) atoms. The van der Waals surface area contributed by atoms with Gasteiger partial charge >= 0.3 is 5.97 Å². The van der Waals surface area contributed by atoms with E-state index in [0.29, 0.717) is 16.8 Å². The number of fused-ring (bicyclic) bond motifs is 1. The number of Topliss-reactive ketones (excluding diaryl/α,β-unsaturated/α-hetero) is 1. The molecule has 4 nitrogen and oxygen atoms in total. The van der Waals surface area contributed by atoms with E-state index in [2.05, 4.69) is 4.98 Å². The Morgan fingerprint density at radius 1 is 0.903 bits per heavy atom. The van der Waals surface area contributed by atoms with E-state index in [4.69, 9.17) is 4.74 Å². The zero-order chi connectivity index (χ0) is 21.4. The van der Waals surface area contributed by atoms with Gasteiger partial charge in [0.1, 0.15) is 5.69 Å². The lowest BCUT2D eigenvalue weighted by atomic mass is 9.92. The van der Waals surface area contributed by atoms with Gasteiger partial charge in [-0.2, -0.15) is 0 Å². The van der Waals surface area contributed by atoms with Crippen molar-refractivity contribution in [3.63, 3.8) is 0 Å². The van der Waals surface area contributed by atoms with Gasteiger partial charge in [0.25, 0.3) is 0 Å². The fourth-order valence-electron chi connectivity index (χ4n) is 4.10. The Morgan fingerprint density at radius 2 is 1.65 bits per heavy atom. The second-order valence-electron chi connectivity index (χ2n) is 7.14. The normalized spacial score (nSPS) is 12.9. The fraction of sp³-hybridized carbons (Fsp3) is 0.0769. The van der Waals surface area contributed by atoms with Gasteiger partial charge in [-0.05, 0) is 29.5 Å². The monoisotopic (exact) mass is 425 g/mol. The fourth-order valence-corrected chi connectivity index (χ4v) is 4.89. The van der Waals surface area contributed by atoms with Crippen LogP contribution < -0.4 is 0 Å². The van der Waals surface area contributed by atoms with Crippen LogP contribution in [0.15, 0.2) is 78.3 Å². The van der Waals surface area contributed by atoms with Crippen molar-refractivity contribution >= 4 is 34.2 Å². The average Bonchev–Trinajstić information content (AvgIpc) is 3.52. The number of aromatic amines is 1. The third-order valence-electron chi connectivity index (χ3n) is 5.38. The second kappa shape index (κ2) is 7.85. The number of thiophene rings is 1. The average molecular weight is 426 g/mol. The van der Waals surface area contributed by atoms with Gasteiger partial charge in [0, 0.05) is 38.9 Å². The number of allylic oxidation sites excluding steroid dienone is 1. The van der Waals surface area contributed by atoms with Crippen molar-refractivity contribution in [3.05, 3.63) is 106 Å². The van der Waals surface area contributed by atoms with Crippen molar-refractivity contribution in [1.29, 1.82) is 0 Å². The zero-order valence-electron chi connectivity index (χ0n) is 16.8. The summed E-state index contributed by atoms with van der Waals surface area (Å²) < 4.78 is 5.30. The van der Waals surface area contributed by atoms with Crippen molar-refractivity contribution in [2.75, 3.05) is 6.61 Å². The summed E-state index contributed by atoms with van der Waals surface area (Å²) in [7, 11) is 0. The first-order valence-corrected chi connectivity index (χ1v) is 10.9. The summed E-state index contributed by atoms with van der Waals surface area (Å²) in [6, 6.07) is 21.2. The maximum absolute atomic E-state index is 13.5. The van der Waals surface area contributed by atoms with Gasteiger partial charge in [0.15, 0.2) is 5.78 Å². The molecule has 0 bridgehead atoms. The van der Waals surface area contributed by atoms with Crippen molar-refractivity contribution in [2.24, 2.45) is 0 Å². The highest BCUT2D eigenvalue weighted by atomic mass is 32.1. The molecule has 0 radical (unpaired) electrons. The SMILES string of the molecule is CCOC(=O)c1[nH]cc(C2=C(c3ccccc3)C(=O)c3ccccc32)c1-c1cccs1. The van der Waals surface area contributed by atoms with Crippen LogP contribution in [0.1, 0.15) is 44.5 Å². The van der Waals surface area contributed by atoms with Crippen LogP contribution >= 0.6 is 11.3 Å². The molecule has 2 aromatic heterocycles. The van der Waals surface area contributed by atoms with Crippen LogP contribution in [-0.4, -0.2) is 23.3 Å². The molecular weight excluding hydrogens is 406 g/mol. The number of carbonyl (C=O) groups excluding carboxylic acids is 2. The second-order valence-corrected chi connectivity index (χ2v) is 8.09. The third kappa shape index (κ3) is 3.14. The van der Waals surface area contributed by atoms with Crippen LogP contribution in [0.5, 0.6) is 0 Å². The summed E-state index contributed by atoms with van der Waals surface area (Å²) in [6.07, 6.45) is 1.81. The summed E-state index contributed by atoms with van der Waals surface area (Å²) in [5.41, 5.74) is 5.87. The van der Waals surface area contributed by atoms with E-state index >= 15 is 0 Å². The van der Waals surface area contributed by atoms with E-state index in [-0.39, 0.29) is 12.4 Å². The standard InChI is InChI=1S/C26H19NO3S/c1-2-30-26(29)24-23(20-13-8-14-31-20)19(15-27-24)22-17-11-6-7-12-18(17)25(28)21(22)16-9-4-3-5-10-16/h3-15,27H,2H2,1H3.